The first-order valence-electron chi connectivity index (χ1n) is 11.7. The van der Waals surface area contributed by atoms with Crippen LogP contribution >= 0.6 is 46.6 Å². The van der Waals surface area contributed by atoms with Crippen LogP contribution < -0.4 is 4.90 Å². The number of nitrogens with one attached hydrogen (secondary N) is 1. The highest BCUT2D eigenvalue weighted by Gasteiger charge is 2.43. The average Bonchev–Trinajstić information content (AvgIpc) is 2.90. The fourth-order valence-corrected chi connectivity index (χ4v) is 5.82. The summed E-state index contributed by atoms with van der Waals surface area (Å²) in [6.07, 6.45) is 3.72. The first-order chi connectivity index (χ1) is 17.8. The molecule has 0 radical (unpaired) electrons. The Morgan fingerprint density at radius 2 is 1.68 bits per heavy atom. The molecule has 1 unspecified atom stereocenters. The standard InChI is InChI=1S/C29H23Cl3N2O2S/c1-37-20-12-7-16(8-13-20)25-26-23(3-2-4-24(26)35)34(19-11-14-21(31)22(32)15-19)29(33)27(25)28(36)17-5-9-18(30)10-6-17/h5-15,25,33,36H,2-4H2,1H3/b28-27+,33-29?. The minimum absolute atomic E-state index is 0.0131. The Kier molecular flexibility index (Phi) is 7.42. The second-order valence-electron chi connectivity index (χ2n) is 8.89. The minimum atomic E-state index is -0.596. The van der Waals surface area contributed by atoms with Gasteiger partial charge in [-0.2, -0.15) is 0 Å². The van der Waals surface area contributed by atoms with Crippen LogP contribution in [0.2, 0.25) is 15.1 Å². The lowest BCUT2D eigenvalue weighted by atomic mass is 9.73. The average molecular weight is 570 g/mol. The molecule has 4 nitrogen and oxygen atoms in total. The molecule has 8 heteroatoms. The van der Waals surface area contributed by atoms with Crippen molar-refractivity contribution in [3.8, 4) is 0 Å². The maximum Gasteiger partial charge on any atom is 0.161 e. The van der Waals surface area contributed by atoms with Gasteiger partial charge < -0.3 is 5.11 Å². The molecule has 3 aromatic carbocycles. The molecule has 0 saturated carbocycles. The molecule has 0 fully saturated rings. The summed E-state index contributed by atoms with van der Waals surface area (Å²) in [5, 5.41) is 22.3. The largest absolute Gasteiger partial charge is 0.507 e. The van der Waals surface area contributed by atoms with Crippen molar-refractivity contribution in [3.63, 3.8) is 0 Å². The van der Waals surface area contributed by atoms with Gasteiger partial charge in [-0.3, -0.25) is 15.1 Å². The first-order valence-corrected chi connectivity index (χ1v) is 14.1. The van der Waals surface area contributed by atoms with E-state index in [4.69, 9.17) is 34.8 Å². The van der Waals surface area contributed by atoms with E-state index >= 15 is 0 Å². The number of benzene rings is 3. The Morgan fingerprint density at radius 1 is 0.973 bits per heavy atom. The molecule has 1 aliphatic carbocycles. The topological polar surface area (TPSA) is 64.4 Å². The predicted molar refractivity (Wildman–Crippen MR) is 155 cm³/mol. The van der Waals surface area contributed by atoms with Crippen LogP contribution in [0.15, 0.2) is 88.5 Å². The minimum Gasteiger partial charge on any atom is -0.507 e. The zero-order valence-electron chi connectivity index (χ0n) is 19.9. The highest BCUT2D eigenvalue weighted by molar-refractivity contribution is 7.98. The maximum absolute atomic E-state index is 13.6. The zero-order chi connectivity index (χ0) is 26.3. The van der Waals surface area contributed by atoms with Gasteiger partial charge in [0.25, 0.3) is 0 Å². The Labute approximate surface area is 235 Å². The second-order valence-corrected chi connectivity index (χ2v) is 11.0. The number of carbonyl (C=O) groups excluding carboxylic acids is 1. The van der Waals surface area contributed by atoms with E-state index in [9.17, 15) is 15.3 Å². The number of amidine groups is 1. The van der Waals surface area contributed by atoms with Gasteiger partial charge in [0.1, 0.15) is 11.6 Å². The molecule has 2 N–H and O–H groups in total. The highest BCUT2D eigenvalue weighted by atomic mass is 35.5. The van der Waals surface area contributed by atoms with Crippen LogP contribution in [0.5, 0.6) is 0 Å². The number of allylic oxidation sites excluding steroid dienone is 2. The number of nitrogens with zero attached hydrogens (tertiary/aromatic N) is 1. The Bertz CT molecular complexity index is 1460. The third-order valence-electron chi connectivity index (χ3n) is 6.74. The molecule has 0 bridgehead atoms. The number of Topliss-reactive ketones (excluding diaryl/α,β-unsaturated/α-hetero) is 1. The van der Waals surface area contributed by atoms with Crippen LogP contribution in [0, 0.1) is 5.41 Å². The van der Waals surface area contributed by atoms with Crippen molar-refractivity contribution in [3.05, 3.63) is 110 Å². The van der Waals surface area contributed by atoms with Gasteiger partial charge in [0.05, 0.1) is 10.0 Å². The van der Waals surface area contributed by atoms with Crippen molar-refractivity contribution >= 4 is 69.6 Å². The number of halogens is 3. The van der Waals surface area contributed by atoms with Gasteiger partial charge in [-0.1, -0.05) is 46.9 Å². The summed E-state index contributed by atoms with van der Waals surface area (Å²) in [5.74, 6) is -0.575. The van der Waals surface area contributed by atoms with Crippen LogP contribution in [0.25, 0.3) is 5.76 Å². The van der Waals surface area contributed by atoms with Crippen molar-refractivity contribution in [2.24, 2.45) is 0 Å². The van der Waals surface area contributed by atoms with Gasteiger partial charge in [0, 0.05) is 50.4 Å². The van der Waals surface area contributed by atoms with Crippen molar-refractivity contribution in [2.75, 3.05) is 11.2 Å². The second kappa shape index (κ2) is 10.6. The van der Waals surface area contributed by atoms with E-state index < -0.39 is 5.92 Å². The fraction of sp³-hybridized carbons (Fsp3) is 0.172. The van der Waals surface area contributed by atoms with Crippen molar-refractivity contribution in [1.82, 2.24) is 0 Å². The Hall–Kier alpha value is -2.70. The SMILES string of the molecule is CSc1ccc(C2C3=C(CCCC3=O)N(c3ccc(Cl)c(Cl)c3)C(=N)/C2=C(/O)c2ccc(Cl)cc2)cc1. The van der Waals surface area contributed by atoms with Gasteiger partial charge in [0.2, 0.25) is 0 Å². The van der Waals surface area contributed by atoms with Gasteiger partial charge >= 0.3 is 0 Å². The number of anilines is 1. The predicted octanol–water partition coefficient (Wildman–Crippen LogP) is 8.93. The lowest BCUT2D eigenvalue weighted by Crippen LogP contribution is -2.42. The van der Waals surface area contributed by atoms with E-state index in [1.807, 2.05) is 30.5 Å². The van der Waals surface area contributed by atoms with E-state index in [0.717, 1.165) is 16.2 Å². The normalized spacial score (nSPS) is 19.2. The molecule has 0 spiro atoms. The summed E-state index contributed by atoms with van der Waals surface area (Å²) < 4.78 is 0. The molecule has 37 heavy (non-hydrogen) atoms. The third-order valence-corrected chi connectivity index (χ3v) is 8.47. The Morgan fingerprint density at radius 3 is 2.32 bits per heavy atom. The van der Waals surface area contributed by atoms with E-state index in [-0.39, 0.29) is 17.4 Å². The molecule has 2 aliphatic rings. The number of carbonyl (C=O) groups is 1. The molecular formula is C29H23Cl3N2O2S. The van der Waals surface area contributed by atoms with Crippen LogP contribution in [0.4, 0.5) is 5.69 Å². The molecule has 0 aromatic heterocycles. The van der Waals surface area contributed by atoms with Crippen molar-refractivity contribution in [2.45, 2.75) is 30.1 Å². The van der Waals surface area contributed by atoms with Crippen LogP contribution in [-0.4, -0.2) is 23.0 Å². The summed E-state index contributed by atoms with van der Waals surface area (Å²) in [5.41, 5.74) is 3.66. The molecule has 1 heterocycles. The molecule has 5 rings (SSSR count). The lowest BCUT2D eigenvalue weighted by molar-refractivity contribution is -0.116. The molecule has 0 saturated heterocycles. The summed E-state index contributed by atoms with van der Waals surface area (Å²) in [7, 11) is 0. The van der Waals surface area contributed by atoms with E-state index in [2.05, 4.69) is 0 Å². The highest BCUT2D eigenvalue weighted by Crippen LogP contribution is 2.48. The van der Waals surface area contributed by atoms with Gasteiger partial charge in [-0.15, -0.1) is 11.8 Å². The van der Waals surface area contributed by atoms with E-state index in [0.29, 0.717) is 56.7 Å². The van der Waals surface area contributed by atoms with E-state index in [1.54, 1.807) is 59.1 Å². The van der Waals surface area contributed by atoms with Crippen molar-refractivity contribution < 1.29 is 9.90 Å². The van der Waals surface area contributed by atoms with Gasteiger partial charge in [-0.25, -0.2) is 0 Å². The quantitative estimate of drug-likeness (QED) is 0.243. The maximum atomic E-state index is 13.6. The number of ketones is 1. The summed E-state index contributed by atoms with van der Waals surface area (Å²) >= 11 is 20.3. The van der Waals surface area contributed by atoms with Crippen molar-refractivity contribution in [1.29, 1.82) is 5.41 Å². The summed E-state index contributed by atoms with van der Waals surface area (Å²) in [6, 6.07) is 19.9. The van der Waals surface area contributed by atoms with Crippen LogP contribution in [0.1, 0.15) is 36.3 Å². The molecule has 0 amide bonds. The third kappa shape index (κ3) is 4.82. The van der Waals surface area contributed by atoms with Crippen LogP contribution in [-0.2, 0) is 4.79 Å². The van der Waals surface area contributed by atoms with Gasteiger partial charge in [0.15, 0.2) is 5.78 Å². The molecule has 188 valence electrons. The number of thioether (sulfide) groups is 1. The number of rotatable bonds is 4. The monoisotopic (exact) mass is 568 g/mol. The van der Waals surface area contributed by atoms with Gasteiger partial charge in [-0.05, 0) is 79.3 Å². The lowest BCUT2D eigenvalue weighted by Gasteiger charge is -2.42. The number of hydrogen-bond acceptors (Lipinski definition) is 4. The van der Waals surface area contributed by atoms with Crippen LogP contribution in [0.3, 0.4) is 0 Å². The smallest absolute Gasteiger partial charge is 0.161 e. The molecular weight excluding hydrogens is 547 g/mol. The molecule has 1 aliphatic heterocycles. The Balaban J connectivity index is 1.81. The van der Waals surface area contributed by atoms with E-state index in [1.165, 1.54) is 0 Å². The molecule has 1 atom stereocenters. The zero-order valence-corrected chi connectivity index (χ0v) is 23.0. The summed E-state index contributed by atoms with van der Waals surface area (Å²) in [6.45, 7) is 0. The number of hydrogen-bond donors (Lipinski definition) is 2. The first kappa shape index (κ1) is 25.9. The number of aliphatic hydroxyl groups is 1. The molecule has 3 aromatic rings. The fourth-order valence-electron chi connectivity index (χ4n) is 4.99. The number of aliphatic hydroxyl groups excluding tert-OH is 1. The summed E-state index contributed by atoms with van der Waals surface area (Å²) in [4.78, 5) is 16.4.